The number of aromatic nitrogens is 1. The monoisotopic (exact) mass is 585 g/mol. The lowest BCUT2D eigenvalue weighted by molar-refractivity contribution is 0.669. The van der Waals surface area contributed by atoms with Gasteiger partial charge in [0.1, 0.15) is 11.2 Å². The van der Waals surface area contributed by atoms with Gasteiger partial charge in [-0.3, -0.25) is 0 Å². The highest BCUT2D eigenvalue weighted by atomic mass is 16.3. The predicted molar refractivity (Wildman–Crippen MR) is 194 cm³/mol. The highest BCUT2D eigenvalue weighted by Gasteiger charge is 2.20. The fourth-order valence-electron chi connectivity index (χ4n) is 7.69. The third-order valence-corrected chi connectivity index (χ3v) is 9.57. The molecule has 0 aliphatic carbocycles. The zero-order valence-electron chi connectivity index (χ0n) is 24.9. The minimum absolute atomic E-state index is 0.900. The molecule has 0 fully saturated rings. The van der Waals surface area contributed by atoms with Gasteiger partial charge in [-0.1, -0.05) is 121 Å². The second kappa shape index (κ2) is 9.69. The van der Waals surface area contributed by atoms with Gasteiger partial charge in [0.15, 0.2) is 0 Å². The fraction of sp³-hybridized carbons (Fsp3) is 0. The van der Waals surface area contributed by atoms with E-state index in [1.165, 1.54) is 65.4 Å². The second-order valence-corrected chi connectivity index (χ2v) is 12.0. The molecule has 2 nitrogen and oxygen atoms in total. The van der Waals surface area contributed by atoms with Crippen LogP contribution < -0.4 is 0 Å². The molecular weight excluding hydrogens is 558 g/mol. The van der Waals surface area contributed by atoms with Crippen LogP contribution in [0.2, 0.25) is 0 Å². The Morgan fingerprint density at radius 1 is 0.348 bits per heavy atom. The van der Waals surface area contributed by atoms with E-state index in [-0.39, 0.29) is 0 Å². The van der Waals surface area contributed by atoms with Crippen molar-refractivity contribution in [3.05, 3.63) is 164 Å². The molecule has 0 aliphatic rings. The van der Waals surface area contributed by atoms with Crippen LogP contribution in [0, 0.1) is 0 Å². The summed E-state index contributed by atoms with van der Waals surface area (Å²) in [5, 5.41) is 9.74. The Bertz CT molecular complexity index is 2730. The van der Waals surface area contributed by atoms with E-state index in [1.807, 2.05) is 0 Å². The van der Waals surface area contributed by atoms with Gasteiger partial charge in [0.05, 0.1) is 11.0 Å². The molecule has 0 bridgehead atoms. The minimum atomic E-state index is 0.900. The maximum atomic E-state index is 6.69. The maximum Gasteiger partial charge on any atom is 0.136 e. The molecule has 0 unspecified atom stereocenters. The SMILES string of the molecule is c1ccc(-c2c3ccccc3c(-c3ccc4c(c3)oc3ccc5c(c6ccccc6n5-c5ccccc5)c34)c3ccccc23)cc1. The number of nitrogens with zero attached hydrogens (tertiary/aromatic N) is 1. The average molecular weight is 586 g/mol. The lowest BCUT2D eigenvalue weighted by Gasteiger charge is -2.17. The molecule has 10 aromatic rings. The number of benzene rings is 8. The van der Waals surface area contributed by atoms with Crippen molar-refractivity contribution in [2.24, 2.45) is 0 Å². The van der Waals surface area contributed by atoms with E-state index in [1.54, 1.807) is 0 Å². The number of furan rings is 1. The molecule has 0 radical (unpaired) electrons. The fourth-order valence-corrected chi connectivity index (χ4v) is 7.69. The maximum absolute atomic E-state index is 6.69. The molecule has 46 heavy (non-hydrogen) atoms. The van der Waals surface area contributed by atoms with Crippen LogP contribution in [0.4, 0.5) is 0 Å². The third kappa shape index (κ3) is 3.53. The molecule has 0 saturated carbocycles. The van der Waals surface area contributed by atoms with Crippen LogP contribution in [0.15, 0.2) is 168 Å². The van der Waals surface area contributed by atoms with Gasteiger partial charge in [-0.2, -0.15) is 0 Å². The zero-order valence-corrected chi connectivity index (χ0v) is 24.9. The number of rotatable bonds is 3. The summed E-state index contributed by atoms with van der Waals surface area (Å²) in [7, 11) is 0. The van der Waals surface area contributed by atoms with Crippen LogP contribution >= 0.6 is 0 Å². The first-order valence-corrected chi connectivity index (χ1v) is 15.8. The number of hydrogen-bond donors (Lipinski definition) is 0. The van der Waals surface area contributed by atoms with E-state index in [2.05, 4.69) is 168 Å². The molecular formula is C44H27NO. The molecule has 0 N–H and O–H groups in total. The summed E-state index contributed by atoms with van der Waals surface area (Å²) < 4.78 is 9.06. The van der Waals surface area contributed by atoms with E-state index in [9.17, 15) is 0 Å². The van der Waals surface area contributed by atoms with Gasteiger partial charge in [-0.15, -0.1) is 0 Å². The quantitative estimate of drug-likeness (QED) is 0.189. The van der Waals surface area contributed by atoms with Gasteiger partial charge in [0.2, 0.25) is 0 Å². The first-order valence-electron chi connectivity index (χ1n) is 15.8. The van der Waals surface area contributed by atoms with Crippen LogP contribution in [0.3, 0.4) is 0 Å². The van der Waals surface area contributed by atoms with Crippen LogP contribution in [-0.2, 0) is 0 Å². The lowest BCUT2D eigenvalue weighted by atomic mass is 9.86. The summed E-state index contributed by atoms with van der Waals surface area (Å²) in [5.41, 5.74) is 10.2. The topological polar surface area (TPSA) is 18.1 Å². The number of hydrogen-bond acceptors (Lipinski definition) is 1. The predicted octanol–water partition coefficient (Wildman–Crippen LogP) is 12.3. The molecule has 214 valence electrons. The Hall–Kier alpha value is -6.12. The summed E-state index contributed by atoms with van der Waals surface area (Å²) in [6.45, 7) is 0. The van der Waals surface area contributed by atoms with Crippen molar-refractivity contribution >= 4 is 65.3 Å². The molecule has 0 saturated heterocycles. The summed E-state index contributed by atoms with van der Waals surface area (Å²) in [6, 6.07) is 58.8. The Kier molecular flexibility index (Phi) is 5.31. The second-order valence-electron chi connectivity index (χ2n) is 12.0. The molecule has 2 aromatic heterocycles. The van der Waals surface area contributed by atoms with Crippen LogP contribution in [0.5, 0.6) is 0 Å². The van der Waals surface area contributed by atoms with Gasteiger partial charge >= 0.3 is 0 Å². The summed E-state index contributed by atoms with van der Waals surface area (Å²) in [6.07, 6.45) is 0. The molecule has 0 amide bonds. The third-order valence-electron chi connectivity index (χ3n) is 9.57. The van der Waals surface area contributed by atoms with Crippen molar-refractivity contribution < 1.29 is 4.42 Å². The van der Waals surface area contributed by atoms with Gasteiger partial charge in [-0.05, 0) is 86.3 Å². The Morgan fingerprint density at radius 2 is 0.913 bits per heavy atom. The molecule has 0 atom stereocenters. The standard InChI is InChI=1S/C44H27NO/c1-3-13-28(14-4-1)41-31-17-7-9-19-33(31)42(34-20-10-8-18-32(34)41)29-23-24-36-40(27-29)46-39-26-25-38-43(44(36)39)35-21-11-12-22-37(35)45(38)30-15-5-2-6-16-30/h1-27H. The van der Waals surface area contributed by atoms with Gasteiger partial charge in [0.25, 0.3) is 0 Å². The number of fused-ring (bicyclic) bond motifs is 9. The highest BCUT2D eigenvalue weighted by molar-refractivity contribution is 6.28. The molecule has 0 aliphatic heterocycles. The van der Waals surface area contributed by atoms with Crippen LogP contribution in [0.1, 0.15) is 0 Å². The van der Waals surface area contributed by atoms with E-state index >= 15 is 0 Å². The average Bonchev–Trinajstić information content (AvgIpc) is 3.66. The Balaban J connectivity index is 1.27. The van der Waals surface area contributed by atoms with Gasteiger partial charge < -0.3 is 8.98 Å². The van der Waals surface area contributed by atoms with Crippen LogP contribution in [0.25, 0.3) is 93.2 Å². The first-order chi connectivity index (χ1) is 22.8. The summed E-state index contributed by atoms with van der Waals surface area (Å²) in [4.78, 5) is 0. The molecule has 2 heteroatoms. The molecule has 2 heterocycles. The largest absolute Gasteiger partial charge is 0.456 e. The molecule has 0 spiro atoms. The van der Waals surface area contributed by atoms with Crippen molar-refractivity contribution in [3.63, 3.8) is 0 Å². The van der Waals surface area contributed by atoms with E-state index in [0.29, 0.717) is 0 Å². The summed E-state index contributed by atoms with van der Waals surface area (Å²) >= 11 is 0. The van der Waals surface area contributed by atoms with Gasteiger partial charge in [0, 0.05) is 27.2 Å². The van der Waals surface area contributed by atoms with Crippen LogP contribution in [-0.4, -0.2) is 4.57 Å². The van der Waals surface area contributed by atoms with Crippen molar-refractivity contribution in [1.82, 2.24) is 4.57 Å². The van der Waals surface area contributed by atoms with Crippen molar-refractivity contribution in [3.8, 4) is 27.9 Å². The zero-order chi connectivity index (χ0) is 30.2. The Morgan fingerprint density at radius 3 is 1.59 bits per heavy atom. The first kappa shape index (κ1) is 25.2. The van der Waals surface area contributed by atoms with Crippen molar-refractivity contribution in [2.45, 2.75) is 0 Å². The van der Waals surface area contributed by atoms with Gasteiger partial charge in [-0.25, -0.2) is 0 Å². The molecule has 10 rings (SSSR count). The number of para-hydroxylation sites is 2. The summed E-state index contributed by atoms with van der Waals surface area (Å²) in [5.74, 6) is 0. The lowest BCUT2D eigenvalue weighted by Crippen LogP contribution is -1.92. The van der Waals surface area contributed by atoms with E-state index in [4.69, 9.17) is 4.42 Å². The Labute approximate surface area is 265 Å². The van der Waals surface area contributed by atoms with E-state index < -0.39 is 0 Å². The normalized spacial score (nSPS) is 11.9. The van der Waals surface area contributed by atoms with Crippen molar-refractivity contribution in [1.29, 1.82) is 0 Å². The minimum Gasteiger partial charge on any atom is -0.456 e. The molecule has 8 aromatic carbocycles. The smallest absolute Gasteiger partial charge is 0.136 e. The van der Waals surface area contributed by atoms with Crippen molar-refractivity contribution in [2.75, 3.05) is 0 Å². The highest BCUT2D eigenvalue weighted by Crippen LogP contribution is 2.46. The van der Waals surface area contributed by atoms with E-state index in [0.717, 1.165) is 27.8 Å².